The van der Waals surface area contributed by atoms with Crippen LogP contribution in [0.15, 0.2) is 30.3 Å². The van der Waals surface area contributed by atoms with Gasteiger partial charge in [0.15, 0.2) is 0 Å². The minimum Gasteiger partial charge on any atom is -0.387 e. The second kappa shape index (κ2) is 12.5. The standard InChI is InChI=1S/C26H30F6N6O3/c27-25(28,29)19-5-3-17(4-6-19)7-8-33-23(41)18-2-1-9-38(15-18)21-14-20(34-24(35-21)26(30,31)32)36-10-12-37(13-11-36)22(40)16-39/h3-6,14,18,39H,1-2,7-13,15-16H2,(H,33,41)/t18-/m1/s1. The highest BCUT2D eigenvalue weighted by Crippen LogP contribution is 2.32. The summed E-state index contributed by atoms with van der Waals surface area (Å²) in [5, 5.41) is 11.8. The molecule has 0 saturated carbocycles. The van der Waals surface area contributed by atoms with Crippen LogP contribution in [0.2, 0.25) is 0 Å². The number of carbonyl (C=O) groups is 2. The summed E-state index contributed by atoms with van der Waals surface area (Å²) < 4.78 is 79.3. The molecule has 41 heavy (non-hydrogen) atoms. The molecule has 2 amide bonds. The Labute approximate surface area is 232 Å². The van der Waals surface area contributed by atoms with Crippen LogP contribution >= 0.6 is 0 Å². The van der Waals surface area contributed by atoms with Crippen molar-refractivity contribution < 1.29 is 41.0 Å². The molecule has 3 heterocycles. The van der Waals surface area contributed by atoms with Crippen LogP contribution in [0.25, 0.3) is 0 Å². The van der Waals surface area contributed by atoms with Crippen molar-refractivity contribution in [3.8, 4) is 0 Å². The van der Waals surface area contributed by atoms with Crippen molar-refractivity contribution in [2.75, 3.05) is 62.2 Å². The van der Waals surface area contributed by atoms with E-state index in [1.54, 1.807) is 9.80 Å². The molecule has 4 rings (SSSR count). The SMILES string of the molecule is O=C(NCCc1ccc(C(F)(F)F)cc1)[C@@H]1CCCN(c2cc(N3CCN(C(=O)CO)CC3)nc(C(F)(F)F)n2)C1. The van der Waals surface area contributed by atoms with Crippen LogP contribution in [-0.4, -0.2) is 84.2 Å². The van der Waals surface area contributed by atoms with Gasteiger partial charge in [-0.25, -0.2) is 9.97 Å². The van der Waals surface area contributed by atoms with Crippen molar-refractivity contribution in [3.05, 3.63) is 47.3 Å². The van der Waals surface area contributed by atoms with Gasteiger partial charge in [0.1, 0.15) is 18.2 Å². The molecule has 2 aliphatic rings. The number of hydrogen-bond acceptors (Lipinski definition) is 7. The van der Waals surface area contributed by atoms with Crippen molar-refractivity contribution >= 4 is 23.5 Å². The number of rotatable bonds is 7. The average molecular weight is 589 g/mol. The fraction of sp³-hybridized carbons (Fsp3) is 0.538. The summed E-state index contributed by atoms with van der Waals surface area (Å²) in [4.78, 5) is 36.7. The van der Waals surface area contributed by atoms with E-state index < -0.39 is 42.2 Å². The Kier molecular flexibility index (Phi) is 9.24. The lowest BCUT2D eigenvalue weighted by Gasteiger charge is -2.36. The quantitative estimate of drug-likeness (QED) is 0.480. The first-order valence-electron chi connectivity index (χ1n) is 13.1. The second-order valence-corrected chi connectivity index (χ2v) is 9.95. The molecule has 0 unspecified atom stereocenters. The van der Waals surface area contributed by atoms with Gasteiger partial charge in [0.2, 0.25) is 17.6 Å². The molecule has 2 aromatic rings. The highest BCUT2D eigenvalue weighted by molar-refractivity contribution is 5.79. The van der Waals surface area contributed by atoms with Gasteiger partial charge >= 0.3 is 12.4 Å². The molecule has 2 saturated heterocycles. The van der Waals surface area contributed by atoms with Crippen LogP contribution in [0.5, 0.6) is 0 Å². The van der Waals surface area contributed by atoms with Gasteiger partial charge in [-0.05, 0) is 37.0 Å². The molecule has 2 N–H and O–H groups in total. The van der Waals surface area contributed by atoms with E-state index in [0.29, 0.717) is 31.4 Å². The van der Waals surface area contributed by atoms with E-state index >= 15 is 0 Å². The maximum absolute atomic E-state index is 13.7. The van der Waals surface area contributed by atoms with Crippen molar-refractivity contribution in [1.29, 1.82) is 0 Å². The number of carbonyl (C=O) groups excluding carboxylic acids is 2. The molecule has 15 heteroatoms. The number of piperidine rings is 1. The predicted octanol–water partition coefficient (Wildman–Crippen LogP) is 2.73. The highest BCUT2D eigenvalue weighted by Gasteiger charge is 2.37. The summed E-state index contributed by atoms with van der Waals surface area (Å²) >= 11 is 0. The number of benzene rings is 1. The number of nitrogens with one attached hydrogen (secondary N) is 1. The molecule has 0 aliphatic carbocycles. The Bertz CT molecular complexity index is 1220. The molecule has 9 nitrogen and oxygen atoms in total. The number of aromatic nitrogens is 2. The topological polar surface area (TPSA) is 102 Å². The first kappa shape index (κ1) is 30.3. The first-order chi connectivity index (χ1) is 19.3. The van der Waals surface area contributed by atoms with E-state index in [2.05, 4.69) is 15.3 Å². The number of halogens is 6. The lowest BCUT2D eigenvalue weighted by molar-refractivity contribution is -0.145. The van der Waals surface area contributed by atoms with Crippen molar-refractivity contribution in [3.63, 3.8) is 0 Å². The van der Waals surface area contributed by atoms with Gasteiger partial charge in [-0.3, -0.25) is 9.59 Å². The molecular formula is C26H30F6N6O3. The van der Waals surface area contributed by atoms with Gasteiger partial charge in [-0.15, -0.1) is 0 Å². The number of aliphatic hydroxyl groups excluding tert-OH is 1. The van der Waals surface area contributed by atoms with E-state index in [9.17, 15) is 35.9 Å². The summed E-state index contributed by atoms with van der Waals surface area (Å²) in [6.07, 6.45) is -7.85. The number of hydrogen-bond donors (Lipinski definition) is 2. The van der Waals surface area contributed by atoms with E-state index in [0.717, 1.165) is 12.1 Å². The largest absolute Gasteiger partial charge is 0.451 e. The normalized spacial score (nSPS) is 18.4. The monoisotopic (exact) mass is 588 g/mol. The molecule has 1 aromatic heterocycles. The summed E-state index contributed by atoms with van der Waals surface area (Å²) in [5.41, 5.74) is -0.133. The van der Waals surface area contributed by atoms with Gasteiger partial charge in [0, 0.05) is 51.9 Å². The third-order valence-electron chi connectivity index (χ3n) is 7.15. The Morgan fingerprint density at radius 1 is 0.902 bits per heavy atom. The lowest BCUT2D eigenvalue weighted by Crippen LogP contribution is -2.50. The summed E-state index contributed by atoms with van der Waals surface area (Å²) in [6, 6.07) is 6.12. The van der Waals surface area contributed by atoms with E-state index in [4.69, 9.17) is 5.11 Å². The number of aliphatic hydroxyl groups is 1. The molecule has 0 bridgehead atoms. The van der Waals surface area contributed by atoms with Crippen LogP contribution in [-0.2, 0) is 28.4 Å². The van der Waals surface area contributed by atoms with Crippen LogP contribution in [0.3, 0.4) is 0 Å². The zero-order valence-electron chi connectivity index (χ0n) is 22.0. The maximum atomic E-state index is 13.7. The average Bonchev–Trinajstić information content (AvgIpc) is 2.96. The van der Waals surface area contributed by atoms with E-state index in [1.165, 1.54) is 23.1 Å². The van der Waals surface area contributed by atoms with Gasteiger partial charge < -0.3 is 25.1 Å². The molecule has 0 spiro atoms. The van der Waals surface area contributed by atoms with Crippen molar-refractivity contribution in [1.82, 2.24) is 20.2 Å². The van der Waals surface area contributed by atoms with E-state index in [-0.39, 0.29) is 56.8 Å². The Morgan fingerprint density at radius 2 is 1.54 bits per heavy atom. The van der Waals surface area contributed by atoms with Crippen molar-refractivity contribution in [2.24, 2.45) is 5.92 Å². The van der Waals surface area contributed by atoms with Crippen LogP contribution in [0.1, 0.15) is 29.8 Å². The predicted molar refractivity (Wildman–Crippen MR) is 136 cm³/mol. The number of anilines is 2. The smallest absolute Gasteiger partial charge is 0.387 e. The third-order valence-corrected chi connectivity index (χ3v) is 7.15. The Morgan fingerprint density at radius 3 is 2.12 bits per heavy atom. The minimum atomic E-state index is -4.80. The van der Waals surface area contributed by atoms with Crippen LogP contribution in [0, 0.1) is 5.92 Å². The molecule has 224 valence electrons. The summed E-state index contributed by atoms with van der Waals surface area (Å²) in [7, 11) is 0. The number of piperazine rings is 1. The minimum absolute atomic E-state index is 0.0402. The third kappa shape index (κ3) is 7.77. The molecule has 2 aliphatic heterocycles. The molecule has 0 radical (unpaired) electrons. The zero-order valence-corrected chi connectivity index (χ0v) is 22.0. The van der Waals surface area contributed by atoms with Gasteiger partial charge in [0.05, 0.1) is 11.5 Å². The molecular weight excluding hydrogens is 558 g/mol. The number of nitrogens with zero attached hydrogens (tertiary/aromatic N) is 5. The lowest BCUT2D eigenvalue weighted by atomic mass is 9.97. The molecule has 1 atom stereocenters. The van der Waals surface area contributed by atoms with Gasteiger partial charge in [-0.1, -0.05) is 12.1 Å². The highest BCUT2D eigenvalue weighted by atomic mass is 19.4. The van der Waals surface area contributed by atoms with Gasteiger partial charge in [0.25, 0.3) is 0 Å². The molecule has 2 fully saturated rings. The first-order valence-corrected chi connectivity index (χ1v) is 13.1. The number of amides is 2. The van der Waals surface area contributed by atoms with E-state index in [1.807, 2.05) is 0 Å². The maximum Gasteiger partial charge on any atom is 0.451 e. The fourth-order valence-corrected chi connectivity index (χ4v) is 4.89. The van der Waals surface area contributed by atoms with Crippen molar-refractivity contribution in [2.45, 2.75) is 31.6 Å². The van der Waals surface area contributed by atoms with Crippen LogP contribution in [0.4, 0.5) is 38.0 Å². The van der Waals surface area contributed by atoms with Crippen LogP contribution < -0.4 is 15.1 Å². The summed E-state index contributed by atoms with van der Waals surface area (Å²) in [5.74, 6) is -2.48. The summed E-state index contributed by atoms with van der Waals surface area (Å²) in [6.45, 7) is 0.973. The molecule has 1 aromatic carbocycles. The zero-order chi connectivity index (χ0) is 29.8. The van der Waals surface area contributed by atoms with Gasteiger partial charge in [-0.2, -0.15) is 26.3 Å². The Hall–Kier alpha value is -3.62. The fourth-order valence-electron chi connectivity index (χ4n) is 4.89. The Balaban J connectivity index is 1.40. The second-order valence-electron chi connectivity index (χ2n) is 9.95. The number of alkyl halides is 6.